The second kappa shape index (κ2) is 20.3. The Kier molecular flexibility index (Phi) is 14.2. The standard InChI is InChI=1S/C52H54N4O7/c1-5-37(52(53,45-29-28-39(60-3)31-47(45)61-4)51(59)63-32-44-42-22-14-12-20-40(42)41-21-13-15-23-43(41)44)30-46(55-56-48(57)33-62-38-18-10-7-11-19-38)50(58)54-49(35-16-8-6-9-17-35)36-26-24-34(2)25-27-36/h6-29,31,37,44,46,49,55H,5,30,32-33,53H2,1-4H3,(H,54,58)(H,56,57)/t37?,46-,49?,52?/m0/s1. The maximum absolute atomic E-state index is 15.0. The number of benzene rings is 6. The number of nitrogens with two attached hydrogens (primary N) is 1. The molecule has 63 heavy (non-hydrogen) atoms. The molecule has 11 nitrogen and oxygen atoms in total. The van der Waals surface area contributed by atoms with Crippen LogP contribution in [0.4, 0.5) is 0 Å². The van der Waals surface area contributed by atoms with Crippen molar-refractivity contribution in [2.45, 2.75) is 50.2 Å². The second-order valence-electron chi connectivity index (χ2n) is 15.7. The number of fused-ring (bicyclic) bond motifs is 3. The molecule has 5 N–H and O–H groups in total. The largest absolute Gasteiger partial charge is 0.497 e. The van der Waals surface area contributed by atoms with E-state index in [-0.39, 0.29) is 25.6 Å². The number of methoxy groups -OCH3 is 2. The van der Waals surface area contributed by atoms with E-state index in [4.69, 9.17) is 24.7 Å². The molecule has 0 aliphatic heterocycles. The lowest BCUT2D eigenvalue weighted by Gasteiger charge is -2.38. The quantitative estimate of drug-likeness (QED) is 0.0471. The molecular formula is C52H54N4O7. The minimum Gasteiger partial charge on any atom is -0.497 e. The number of esters is 1. The number of rotatable bonds is 19. The summed E-state index contributed by atoms with van der Waals surface area (Å²) in [6, 6.07) is 46.2. The number of hydrogen-bond donors (Lipinski definition) is 4. The SMILES string of the molecule is CCC(C[C@H](NNC(=O)COc1ccccc1)C(=O)NC(c1ccccc1)c1ccc(C)cc1)C(N)(C(=O)OCC1c2ccccc2-c2ccccc21)c1ccc(OC)cc1OC. The summed E-state index contributed by atoms with van der Waals surface area (Å²) in [4.78, 5) is 43.2. The summed E-state index contributed by atoms with van der Waals surface area (Å²) < 4.78 is 23.4. The normalized spacial score (nSPS) is 14.2. The topological polar surface area (TPSA) is 150 Å². The van der Waals surface area contributed by atoms with Crippen molar-refractivity contribution in [2.24, 2.45) is 11.7 Å². The first-order chi connectivity index (χ1) is 30.6. The molecule has 1 aliphatic carbocycles. The zero-order valence-corrected chi connectivity index (χ0v) is 36.0. The lowest BCUT2D eigenvalue weighted by molar-refractivity contribution is -0.154. The molecule has 6 aromatic rings. The molecule has 4 atom stereocenters. The molecule has 11 heteroatoms. The first-order valence-electron chi connectivity index (χ1n) is 21.1. The lowest BCUT2D eigenvalue weighted by atomic mass is 9.73. The van der Waals surface area contributed by atoms with Crippen LogP contribution in [0.5, 0.6) is 17.2 Å². The lowest BCUT2D eigenvalue weighted by Crippen LogP contribution is -2.58. The maximum Gasteiger partial charge on any atom is 0.331 e. The Labute approximate surface area is 368 Å². The summed E-state index contributed by atoms with van der Waals surface area (Å²) in [6.07, 6.45) is 0.305. The van der Waals surface area contributed by atoms with Crippen LogP contribution in [0.15, 0.2) is 152 Å². The zero-order valence-electron chi connectivity index (χ0n) is 36.0. The molecule has 0 radical (unpaired) electrons. The number of ether oxygens (including phenoxy) is 4. The summed E-state index contributed by atoms with van der Waals surface area (Å²) in [5.74, 6) is -1.31. The van der Waals surface area contributed by atoms with Crippen molar-refractivity contribution in [3.63, 3.8) is 0 Å². The van der Waals surface area contributed by atoms with Crippen LogP contribution >= 0.6 is 0 Å². The fourth-order valence-electron chi connectivity index (χ4n) is 8.42. The van der Waals surface area contributed by atoms with Gasteiger partial charge in [0, 0.05) is 17.5 Å². The third-order valence-electron chi connectivity index (χ3n) is 11.8. The van der Waals surface area contributed by atoms with E-state index < -0.39 is 41.3 Å². The van der Waals surface area contributed by atoms with Gasteiger partial charge in [-0.3, -0.25) is 15.0 Å². The van der Waals surface area contributed by atoms with Crippen LogP contribution in [0.1, 0.15) is 65.1 Å². The van der Waals surface area contributed by atoms with Gasteiger partial charge in [-0.25, -0.2) is 10.2 Å². The molecule has 0 heterocycles. The van der Waals surface area contributed by atoms with Crippen LogP contribution in [0, 0.1) is 12.8 Å². The minimum absolute atomic E-state index is 0.0204. The van der Waals surface area contributed by atoms with E-state index in [1.807, 2.05) is 98.8 Å². The third kappa shape index (κ3) is 9.91. The van der Waals surface area contributed by atoms with Crippen molar-refractivity contribution in [2.75, 3.05) is 27.4 Å². The average molecular weight is 847 g/mol. The van der Waals surface area contributed by atoms with Crippen LogP contribution in [-0.4, -0.2) is 51.3 Å². The number of aryl methyl sites for hydroxylation is 1. The van der Waals surface area contributed by atoms with Crippen molar-refractivity contribution in [1.82, 2.24) is 16.2 Å². The van der Waals surface area contributed by atoms with Gasteiger partial charge in [0.15, 0.2) is 6.61 Å². The Morgan fingerprint density at radius 3 is 1.94 bits per heavy atom. The third-order valence-corrected chi connectivity index (χ3v) is 11.8. The van der Waals surface area contributed by atoms with Crippen LogP contribution < -0.4 is 36.1 Å². The minimum atomic E-state index is -1.86. The Morgan fingerprint density at radius 1 is 0.714 bits per heavy atom. The number of hydrogen-bond acceptors (Lipinski definition) is 9. The maximum atomic E-state index is 15.0. The summed E-state index contributed by atoms with van der Waals surface area (Å²) in [6.45, 7) is 3.61. The highest BCUT2D eigenvalue weighted by Crippen LogP contribution is 2.46. The average Bonchev–Trinajstić information content (AvgIpc) is 3.65. The van der Waals surface area contributed by atoms with Gasteiger partial charge < -0.3 is 30.0 Å². The molecule has 324 valence electrons. The van der Waals surface area contributed by atoms with Gasteiger partial charge in [-0.05, 0) is 76.9 Å². The number of carbonyl (C=O) groups excluding carboxylic acids is 3. The summed E-state index contributed by atoms with van der Waals surface area (Å²) in [5, 5.41) is 3.24. The van der Waals surface area contributed by atoms with E-state index in [2.05, 4.69) is 40.4 Å². The Morgan fingerprint density at radius 2 is 1.32 bits per heavy atom. The molecule has 2 amide bonds. The predicted octanol–water partition coefficient (Wildman–Crippen LogP) is 7.91. The van der Waals surface area contributed by atoms with E-state index in [1.54, 1.807) is 42.5 Å². The highest BCUT2D eigenvalue weighted by atomic mass is 16.5. The first-order valence-corrected chi connectivity index (χ1v) is 21.1. The fraction of sp³-hybridized carbons (Fsp3) is 0.250. The molecule has 0 saturated carbocycles. The molecule has 1 aliphatic rings. The van der Waals surface area contributed by atoms with Gasteiger partial charge in [-0.1, -0.05) is 140 Å². The summed E-state index contributed by atoms with van der Waals surface area (Å²) in [5.41, 5.74) is 18.8. The van der Waals surface area contributed by atoms with Gasteiger partial charge in [0.25, 0.3) is 5.91 Å². The molecule has 6 aromatic carbocycles. The van der Waals surface area contributed by atoms with Gasteiger partial charge in [0.05, 0.1) is 20.3 Å². The molecule has 0 bridgehead atoms. The number of amides is 2. The van der Waals surface area contributed by atoms with Crippen LogP contribution in [0.3, 0.4) is 0 Å². The molecule has 3 unspecified atom stereocenters. The van der Waals surface area contributed by atoms with Gasteiger partial charge in [0.1, 0.15) is 35.4 Å². The van der Waals surface area contributed by atoms with Gasteiger partial charge in [-0.15, -0.1) is 0 Å². The molecular weight excluding hydrogens is 793 g/mol. The van der Waals surface area contributed by atoms with E-state index in [9.17, 15) is 9.59 Å². The van der Waals surface area contributed by atoms with E-state index >= 15 is 4.79 Å². The van der Waals surface area contributed by atoms with Gasteiger partial charge >= 0.3 is 5.97 Å². The Hall–Kier alpha value is -6.95. The van der Waals surface area contributed by atoms with Crippen molar-refractivity contribution in [3.05, 3.63) is 185 Å². The van der Waals surface area contributed by atoms with Crippen LogP contribution in [0.2, 0.25) is 0 Å². The zero-order chi connectivity index (χ0) is 44.3. The van der Waals surface area contributed by atoms with Crippen molar-refractivity contribution >= 4 is 17.8 Å². The fourth-order valence-corrected chi connectivity index (χ4v) is 8.42. The number of nitrogens with one attached hydrogen (secondary N) is 3. The highest BCUT2D eigenvalue weighted by molar-refractivity contribution is 5.86. The first kappa shape index (κ1) is 44.1. The highest BCUT2D eigenvalue weighted by Gasteiger charge is 2.48. The van der Waals surface area contributed by atoms with Crippen molar-refractivity contribution in [1.29, 1.82) is 0 Å². The Bertz CT molecular complexity index is 2450. The molecule has 7 rings (SSSR count). The van der Waals surface area contributed by atoms with Crippen molar-refractivity contribution < 1.29 is 33.3 Å². The van der Waals surface area contributed by atoms with Crippen molar-refractivity contribution in [3.8, 4) is 28.4 Å². The molecule has 0 saturated heterocycles. The number of para-hydroxylation sites is 1. The van der Waals surface area contributed by atoms with Crippen LogP contribution in [-0.2, 0) is 24.7 Å². The summed E-state index contributed by atoms with van der Waals surface area (Å²) >= 11 is 0. The second-order valence-corrected chi connectivity index (χ2v) is 15.7. The summed E-state index contributed by atoms with van der Waals surface area (Å²) in [7, 11) is 3.04. The molecule has 0 spiro atoms. The monoisotopic (exact) mass is 846 g/mol. The Balaban J connectivity index is 1.23. The van der Waals surface area contributed by atoms with Crippen LogP contribution in [0.25, 0.3) is 11.1 Å². The smallest absolute Gasteiger partial charge is 0.331 e. The number of carbonyl (C=O) groups is 3. The van der Waals surface area contributed by atoms with E-state index in [0.29, 0.717) is 29.2 Å². The predicted molar refractivity (Wildman–Crippen MR) is 243 cm³/mol. The van der Waals surface area contributed by atoms with Gasteiger partial charge in [-0.2, -0.15) is 0 Å². The number of hydrazine groups is 1. The van der Waals surface area contributed by atoms with Gasteiger partial charge in [0.2, 0.25) is 5.91 Å². The van der Waals surface area contributed by atoms with E-state index in [1.165, 1.54) is 14.2 Å². The molecule has 0 fully saturated rings. The van der Waals surface area contributed by atoms with E-state index in [0.717, 1.165) is 38.9 Å². The molecule has 0 aromatic heterocycles.